The second-order valence-corrected chi connectivity index (χ2v) is 8.55. The van der Waals surface area contributed by atoms with Gasteiger partial charge in [0.05, 0.1) is 19.4 Å². The summed E-state index contributed by atoms with van der Waals surface area (Å²) in [6, 6.07) is 27.5. The molecule has 0 saturated heterocycles. The minimum Gasteiger partial charge on any atom is -0.497 e. The fourth-order valence-electron chi connectivity index (χ4n) is 4.75. The number of furan rings is 1. The highest BCUT2D eigenvalue weighted by atomic mass is 16.5. The van der Waals surface area contributed by atoms with Crippen LogP contribution in [0.3, 0.4) is 0 Å². The number of benzene rings is 3. The number of carbonyl (C=O) groups excluding carboxylic acids is 2. The zero-order chi connectivity index (χ0) is 24.4. The Bertz CT molecular complexity index is 1320. The van der Waals surface area contributed by atoms with Gasteiger partial charge in [-0.3, -0.25) is 14.5 Å². The number of para-hydroxylation sites is 2. The van der Waals surface area contributed by atoms with Gasteiger partial charge in [0, 0.05) is 23.0 Å². The molecule has 0 saturated carbocycles. The van der Waals surface area contributed by atoms with Gasteiger partial charge < -0.3 is 14.1 Å². The van der Waals surface area contributed by atoms with Crippen molar-refractivity contribution >= 4 is 23.2 Å². The molecular formula is C29H26N2O4. The maximum Gasteiger partial charge on any atom is 0.294 e. The second-order valence-electron chi connectivity index (χ2n) is 8.55. The first-order valence-corrected chi connectivity index (χ1v) is 11.6. The summed E-state index contributed by atoms with van der Waals surface area (Å²) in [5.41, 5.74) is 3.06. The summed E-state index contributed by atoms with van der Waals surface area (Å²) >= 11 is 0. The maximum atomic E-state index is 13.7. The van der Waals surface area contributed by atoms with Crippen molar-refractivity contribution < 1.29 is 18.7 Å². The van der Waals surface area contributed by atoms with Crippen molar-refractivity contribution in [1.82, 2.24) is 0 Å². The first-order valence-electron chi connectivity index (χ1n) is 11.6. The summed E-state index contributed by atoms with van der Waals surface area (Å²) in [7, 11) is 1.60. The molecule has 1 aromatic heterocycles. The Labute approximate surface area is 204 Å². The molecule has 0 aliphatic carbocycles. The molecule has 1 aliphatic heterocycles. The van der Waals surface area contributed by atoms with Crippen LogP contribution >= 0.6 is 0 Å². The van der Waals surface area contributed by atoms with E-state index in [-0.39, 0.29) is 29.7 Å². The second kappa shape index (κ2) is 9.50. The van der Waals surface area contributed by atoms with E-state index in [1.807, 2.05) is 66.4 Å². The highest BCUT2D eigenvalue weighted by Gasteiger charge is 2.39. The molecule has 2 unspecified atom stereocenters. The van der Waals surface area contributed by atoms with Crippen LogP contribution < -0.4 is 14.5 Å². The standard InChI is InChI=1S/C29H26N2O4/c1-20-19-26(31(22-9-4-3-5-10-22)29(33)27-13-8-18-35-27)24-11-6-7-12-25(24)30(20)28(32)21-14-16-23(34-2)17-15-21/h3-18,20,26H,19H2,1-2H3. The van der Waals surface area contributed by atoms with E-state index in [9.17, 15) is 9.59 Å². The number of nitrogens with zero attached hydrogens (tertiary/aromatic N) is 2. The third kappa shape index (κ3) is 4.19. The van der Waals surface area contributed by atoms with E-state index >= 15 is 0 Å². The molecule has 5 rings (SSSR count). The maximum absolute atomic E-state index is 13.7. The van der Waals surface area contributed by atoms with Crippen molar-refractivity contribution in [3.8, 4) is 5.75 Å². The molecule has 2 heterocycles. The van der Waals surface area contributed by atoms with Crippen molar-refractivity contribution in [2.24, 2.45) is 0 Å². The summed E-state index contributed by atoms with van der Waals surface area (Å²) in [6.45, 7) is 2.02. The lowest BCUT2D eigenvalue weighted by Crippen LogP contribution is -2.47. The Balaban J connectivity index is 1.58. The van der Waals surface area contributed by atoms with Crippen molar-refractivity contribution in [1.29, 1.82) is 0 Å². The number of rotatable bonds is 5. The predicted octanol–water partition coefficient (Wildman–Crippen LogP) is 6.12. The normalized spacial score (nSPS) is 16.9. The molecule has 0 spiro atoms. The highest BCUT2D eigenvalue weighted by molar-refractivity contribution is 6.08. The third-order valence-corrected chi connectivity index (χ3v) is 6.41. The van der Waals surface area contributed by atoms with Gasteiger partial charge in [-0.05, 0) is 73.5 Å². The molecule has 3 aromatic carbocycles. The fraction of sp³-hybridized carbons (Fsp3) is 0.172. The van der Waals surface area contributed by atoms with Crippen molar-refractivity contribution in [3.05, 3.63) is 114 Å². The summed E-state index contributed by atoms with van der Waals surface area (Å²) in [6.07, 6.45) is 2.07. The highest BCUT2D eigenvalue weighted by Crippen LogP contribution is 2.43. The number of amides is 2. The molecule has 0 N–H and O–H groups in total. The molecule has 2 atom stereocenters. The molecule has 6 nitrogen and oxygen atoms in total. The first kappa shape index (κ1) is 22.5. The van der Waals surface area contributed by atoms with Gasteiger partial charge in [-0.1, -0.05) is 36.4 Å². The molecule has 2 amide bonds. The van der Waals surface area contributed by atoms with Crippen molar-refractivity contribution in [2.75, 3.05) is 16.9 Å². The number of methoxy groups -OCH3 is 1. The van der Waals surface area contributed by atoms with E-state index < -0.39 is 0 Å². The Morgan fingerprint density at radius 2 is 1.63 bits per heavy atom. The molecule has 0 radical (unpaired) electrons. The average Bonchev–Trinajstić information content (AvgIpc) is 3.44. The fourth-order valence-corrected chi connectivity index (χ4v) is 4.75. The van der Waals surface area contributed by atoms with Crippen LogP contribution in [0.1, 0.15) is 45.9 Å². The zero-order valence-electron chi connectivity index (χ0n) is 19.6. The van der Waals surface area contributed by atoms with Crippen LogP contribution in [-0.2, 0) is 0 Å². The molecule has 6 heteroatoms. The Morgan fingerprint density at radius 3 is 2.31 bits per heavy atom. The molecule has 176 valence electrons. The van der Waals surface area contributed by atoms with Crippen LogP contribution in [-0.4, -0.2) is 25.0 Å². The van der Waals surface area contributed by atoms with Gasteiger partial charge in [-0.15, -0.1) is 0 Å². The lowest BCUT2D eigenvalue weighted by molar-refractivity contribution is 0.0944. The van der Waals surface area contributed by atoms with Gasteiger partial charge in [0.15, 0.2) is 5.76 Å². The van der Waals surface area contributed by atoms with Gasteiger partial charge in [0.2, 0.25) is 0 Å². The Hall–Kier alpha value is -4.32. The Morgan fingerprint density at radius 1 is 0.914 bits per heavy atom. The largest absolute Gasteiger partial charge is 0.497 e. The quantitative estimate of drug-likeness (QED) is 0.356. The van der Waals surface area contributed by atoms with Crippen LogP contribution in [0.15, 0.2) is 102 Å². The Kier molecular flexibility index (Phi) is 6.10. The van der Waals surface area contributed by atoms with Crippen LogP contribution in [0.4, 0.5) is 11.4 Å². The monoisotopic (exact) mass is 466 g/mol. The number of hydrogen-bond donors (Lipinski definition) is 0. The molecule has 35 heavy (non-hydrogen) atoms. The number of fused-ring (bicyclic) bond motifs is 1. The number of anilines is 2. The van der Waals surface area contributed by atoms with Crippen LogP contribution in [0.5, 0.6) is 5.75 Å². The first-order chi connectivity index (χ1) is 17.1. The molecule has 4 aromatic rings. The summed E-state index contributed by atoms with van der Waals surface area (Å²) < 4.78 is 10.7. The lowest BCUT2D eigenvalue weighted by Gasteiger charge is -2.43. The van der Waals surface area contributed by atoms with E-state index in [0.717, 1.165) is 16.9 Å². The van der Waals surface area contributed by atoms with E-state index in [1.54, 1.807) is 48.4 Å². The molecular weight excluding hydrogens is 440 g/mol. The third-order valence-electron chi connectivity index (χ3n) is 6.41. The smallest absolute Gasteiger partial charge is 0.294 e. The van der Waals surface area contributed by atoms with E-state index in [1.165, 1.54) is 6.26 Å². The molecule has 1 aliphatic rings. The van der Waals surface area contributed by atoms with E-state index in [4.69, 9.17) is 9.15 Å². The number of carbonyl (C=O) groups is 2. The molecule has 0 bridgehead atoms. The lowest BCUT2D eigenvalue weighted by atomic mass is 9.89. The zero-order valence-corrected chi connectivity index (χ0v) is 19.6. The van der Waals surface area contributed by atoms with Crippen molar-refractivity contribution in [2.45, 2.75) is 25.4 Å². The SMILES string of the molecule is COc1ccc(C(=O)N2c3ccccc3C(N(C(=O)c3ccco3)c3ccccc3)CC2C)cc1. The summed E-state index contributed by atoms with van der Waals surface area (Å²) in [4.78, 5) is 30.9. The minimum absolute atomic E-state index is 0.0883. The van der Waals surface area contributed by atoms with Gasteiger partial charge in [0.1, 0.15) is 5.75 Å². The average molecular weight is 467 g/mol. The molecule has 0 fully saturated rings. The minimum atomic E-state index is -0.277. The van der Waals surface area contributed by atoms with Gasteiger partial charge in [0.25, 0.3) is 11.8 Å². The number of hydrogen-bond acceptors (Lipinski definition) is 4. The van der Waals surface area contributed by atoms with Crippen molar-refractivity contribution in [3.63, 3.8) is 0 Å². The van der Waals surface area contributed by atoms with E-state index in [0.29, 0.717) is 17.7 Å². The van der Waals surface area contributed by atoms with Gasteiger partial charge in [-0.2, -0.15) is 0 Å². The van der Waals surface area contributed by atoms with E-state index in [2.05, 4.69) is 0 Å². The topological polar surface area (TPSA) is 63.0 Å². The summed E-state index contributed by atoms with van der Waals surface area (Å²) in [5.74, 6) is 0.664. The van der Waals surface area contributed by atoms with Gasteiger partial charge >= 0.3 is 0 Å². The van der Waals surface area contributed by atoms with Crippen LogP contribution in [0.25, 0.3) is 0 Å². The predicted molar refractivity (Wildman–Crippen MR) is 135 cm³/mol. The summed E-state index contributed by atoms with van der Waals surface area (Å²) in [5, 5.41) is 0. The van der Waals surface area contributed by atoms with Crippen LogP contribution in [0.2, 0.25) is 0 Å². The van der Waals surface area contributed by atoms with Gasteiger partial charge in [-0.25, -0.2) is 0 Å². The number of ether oxygens (including phenoxy) is 1. The van der Waals surface area contributed by atoms with Crippen LogP contribution in [0, 0.1) is 0 Å².